The minimum Gasteiger partial charge on any atom is -0.494 e. The Kier molecular flexibility index (Phi) is 6.09. The molecule has 0 aliphatic carbocycles. The Labute approximate surface area is 108 Å². The molecule has 2 unspecified atom stereocenters. The molecule has 0 aromatic heterocycles. The molecule has 102 valence electrons. The molecule has 1 aromatic rings. The number of benzene rings is 1. The number of hydrogen-bond acceptors (Lipinski definition) is 3. The lowest BCUT2D eigenvalue weighted by atomic mass is 9.99. The Morgan fingerprint density at radius 2 is 2.00 bits per heavy atom. The molecule has 0 aliphatic heterocycles. The lowest BCUT2D eigenvalue weighted by molar-refractivity contribution is 0.106. The van der Waals surface area contributed by atoms with E-state index in [1.807, 2.05) is 14.0 Å². The smallest absolute Gasteiger partial charge is 0.169 e. The Morgan fingerprint density at radius 1 is 1.28 bits per heavy atom. The zero-order valence-electron chi connectivity index (χ0n) is 11.5. The molecule has 0 amide bonds. The second kappa shape index (κ2) is 7.34. The van der Waals surface area contributed by atoms with E-state index in [4.69, 9.17) is 9.47 Å². The summed E-state index contributed by atoms with van der Waals surface area (Å²) in [6.07, 6.45) is 1.86. The quantitative estimate of drug-likeness (QED) is 0.812. The number of nitrogens with one attached hydrogen (secondary N) is 1. The average molecular weight is 255 g/mol. The normalized spacial score (nSPS) is 14.3. The lowest BCUT2D eigenvalue weighted by Gasteiger charge is -2.20. The molecule has 4 heteroatoms. The number of methoxy groups -OCH3 is 2. The van der Waals surface area contributed by atoms with E-state index in [0.717, 1.165) is 12.8 Å². The van der Waals surface area contributed by atoms with Crippen LogP contribution >= 0.6 is 0 Å². The van der Waals surface area contributed by atoms with Crippen molar-refractivity contribution < 1.29 is 13.9 Å². The molecule has 1 N–H and O–H groups in total. The molecule has 0 saturated carbocycles. The predicted molar refractivity (Wildman–Crippen MR) is 70.5 cm³/mol. The van der Waals surface area contributed by atoms with Gasteiger partial charge >= 0.3 is 0 Å². The molecular formula is C14H22FNO2. The summed E-state index contributed by atoms with van der Waals surface area (Å²) in [6.45, 7) is 2.01. The largest absolute Gasteiger partial charge is 0.494 e. The van der Waals surface area contributed by atoms with Crippen LogP contribution in [0.25, 0.3) is 0 Å². The molecule has 3 nitrogen and oxygen atoms in total. The van der Waals surface area contributed by atoms with Gasteiger partial charge in [-0.05, 0) is 32.9 Å². The van der Waals surface area contributed by atoms with E-state index >= 15 is 0 Å². The van der Waals surface area contributed by atoms with Crippen molar-refractivity contribution in [2.24, 2.45) is 0 Å². The van der Waals surface area contributed by atoms with Gasteiger partial charge in [0.05, 0.1) is 13.2 Å². The van der Waals surface area contributed by atoms with Crippen molar-refractivity contribution in [1.82, 2.24) is 5.32 Å². The molecule has 2 atom stereocenters. The highest BCUT2D eigenvalue weighted by Crippen LogP contribution is 2.27. The third-order valence-electron chi connectivity index (χ3n) is 3.20. The fourth-order valence-corrected chi connectivity index (χ4v) is 1.93. The first-order chi connectivity index (χ1) is 8.63. The van der Waals surface area contributed by atoms with Crippen molar-refractivity contribution in [3.8, 4) is 5.75 Å². The summed E-state index contributed by atoms with van der Waals surface area (Å²) in [4.78, 5) is 0. The maximum absolute atomic E-state index is 14.1. The molecule has 0 heterocycles. The van der Waals surface area contributed by atoms with Gasteiger partial charge in [-0.3, -0.25) is 0 Å². The van der Waals surface area contributed by atoms with E-state index in [-0.39, 0.29) is 23.7 Å². The standard InChI is InChI=1S/C14H22FNO2/c1-10(17-3)8-9-12(16-2)11-6-5-7-13(18-4)14(11)15/h5-7,10,12,16H,8-9H2,1-4H3. The minimum atomic E-state index is -0.288. The zero-order chi connectivity index (χ0) is 13.5. The van der Waals surface area contributed by atoms with Crippen LogP contribution < -0.4 is 10.1 Å². The van der Waals surface area contributed by atoms with Gasteiger partial charge < -0.3 is 14.8 Å². The average Bonchev–Trinajstić information content (AvgIpc) is 2.40. The van der Waals surface area contributed by atoms with Crippen molar-refractivity contribution in [3.63, 3.8) is 0 Å². The SMILES string of the molecule is CNC(CCC(C)OC)c1cccc(OC)c1F. The van der Waals surface area contributed by atoms with E-state index < -0.39 is 0 Å². The van der Waals surface area contributed by atoms with Crippen molar-refractivity contribution in [1.29, 1.82) is 0 Å². The van der Waals surface area contributed by atoms with Gasteiger partial charge in [-0.1, -0.05) is 12.1 Å². The number of ether oxygens (including phenoxy) is 2. The van der Waals surface area contributed by atoms with Crippen LogP contribution in [0.1, 0.15) is 31.4 Å². The molecule has 0 radical (unpaired) electrons. The fourth-order valence-electron chi connectivity index (χ4n) is 1.93. The molecule has 18 heavy (non-hydrogen) atoms. The summed E-state index contributed by atoms with van der Waals surface area (Å²) in [5.41, 5.74) is 0.639. The molecule has 0 aliphatic rings. The van der Waals surface area contributed by atoms with Gasteiger partial charge in [0.15, 0.2) is 11.6 Å². The Morgan fingerprint density at radius 3 is 2.56 bits per heavy atom. The van der Waals surface area contributed by atoms with Gasteiger partial charge in [0.1, 0.15) is 0 Å². The first-order valence-electron chi connectivity index (χ1n) is 6.16. The van der Waals surface area contributed by atoms with Crippen LogP contribution in [-0.4, -0.2) is 27.4 Å². The number of hydrogen-bond donors (Lipinski definition) is 1. The molecule has 0 spiro atoms. The topological polar surface area (TPSA) is 30.5 Å². The van der Waals surface area contributed by atoms with Crippen LogP contribution in [0, 0.1) is 5.82 Å². The Bertz CT molecular complexity index is 371. The summed E-state index contributed by atoms with van der Waals surface area (Å²) < 4.78 is 24.3. The summed E-state index contributed by atoms with van der Waals surface area (Å²) in [5.74, 6) is -0.00281. The predicted octanol–water partition coefficient (Wildman–Crippen LogP) is 2.91. The maximum atomic E-state index is 14.1. The van der Waals surface area contributed by atoms with Gasteiger partial charge in [-0.15, -0.1) is 0 Å². The van der Waals surface area contributed by atoms with Crippen LogP contribution in [0.5, 0.6) is 5.75 Å². The summed E-state index contributed by atoms with van der Waals surface area (Å²) in [7, 11) is 5.00. The van der Waals surface area contributed by atoms with Crippen molar-refractivity contribution in [2.45, 2.75) is 31.9 Å². The van der Waals surface area contributed by atoms with E-state index in [0.29, 0.717) is 5.56 Å². The molecule has 0 fully saturated rings. The van der Waals surface area contributed by atoms with Gasteiger partial charge in [0.25, 0.3) is 0 Å². The highest BCUT2D eigenvalue weighted by atomic mass is 19.1. The Hall–Kier alpha value is -1.13. The molecule has 1 rings (SSSR count). The van der Waals surface area contributed by atoms with Gasteiger partial charge in [0.2, 0.25) is 0 Å². The van der Waals surface area contributed by atoms with Gasteiger partial charge in [-0.25, -0.2) is 4.39 Å². The lowest BCUT2D eigenvalue weighted by Crippen LogP contribution is -2.20. The molecule has 1 aromatic carbocycles. The molecular weight excluding hydrogens is 233 g/mol. The first kappa shape index (κ1) is 14.9. The third kappa shape index (κ3) is 3.68. The summed E-state index contributed by atoms with van der Waals surface area (Å²) in [5, 5.41) is 3.14. The second-order valence-corrected chi connectivity index (χ2v) is 4.33. The summed E-state index contributed by atoms with van der Waals surface area (Å²) >= 11 is 0. The van der Waals surface area contributed by atoms with Crippen LogP contribution in [0.3, 0.4) is 0 Å². The fraction of sp³-hybridized carbons (Fsp3) is 0.571. The zero-order valence-corrected chi connectivity index (χ0v) is 11.5. The maximum Gasteiger partial charge on any atom is 0.169 e. The minimum absolute atomic E-state index is 0.0299. The van der Waals surface area contributed by atoms with Crippen molar-refractivity contribution >= 4 is 0 Å². The van der Waals surface area contributed by atoms with Crippen molar-refractivity contribution in [3.05, 3.63) is 29.6 Å². The van der Waals surface area contributed by atoms with E-state index in [1.165, 1.54) is 7.11 Å². The van der Waals surface area contributed by atoms with E-state index in [1.54, 1.807) is 25.3 Å². The number of halogens is 1. The monoisotopic (exact) mass is 255 g/mol. The van der Waals surface area contributed by atoms with Crippen LogP contribution in [0.15, 0.2) is 18.2 Å². The van der Waals surface area contributed by atoms with Gasteiger partial charge in [-0.2, -0.15) is 0 Å². The Balaban J connectivity index is 2.81. The van der Waals surface area contributed by atoms with E-state index in [2.05, 4.69) is 5.32 Å². The number of rotatable bonds is 7. The van der Waals surface area contributed by atoms with E-state index in [9.17, 15) is 4.39 Å². The summed E-state index contributed by atoms with van der Waals surface area (Å²) in [6, 6.07) is 5.19. The third-order valence-corrected chi connectivity index (χ3v) is 3.20. The van der Waals surface area contributed by atoms with Crippen LogP contribution in [0.4, 0.5) is 4.39 Å². The highest BCUT2D eigenvalue weighted by molar-refractivity contribution is 5.33. The van der Waals surface area contributed by atoms with Crippen LogP contribution in [-0.2, 0) is 4.74 Å². The second-order valence-electron chi connectivity index (χ2n) is 4.33. The highest BCUT2D eigenvalue weighted by Gasteiger charge is 2.17. The molecule has 0 saturated heterocycles. The van der Waals surface area contributed by atoms with Gasteiger partial charge in [0, 0.05) is 18.7 Å². The van der Waals surface area contributed by atoms with Crippen molar-refractivity contribution in [2.75, 3.05) is 21.3 Å². The molecule has 0 bridgehead atoms. The first-order valence-corrected chi connectivity index (χ1v) is 6.16. The van der Waals surface area contributed by atoms with Crippen LogP contribution in [0.2, 0.25) is 0 Å².